The second kappa shape index (κ2) is 7.42. The molecule has 3 aromatic heterocycles. The summed E-state index contributed by atoms with van der Waals surface area (Å²) in [5.41, 5.74) is 3.93. The third-order valence-corrected chi connectivity index (χ3v) is 6.23. The van der Waals surface area contributed by atoms with Gasteiger partial charge in [0.1, 0.15) is 5.01 Å². The first-order valence-electron chi connectivity index (χ1n) is 9.56. The van der Waals surface area contributed by atoms with Crippen LogP contribution in [0, 0.1) is 6.92 Å². The van der Waals surface area contributed by atoms with Gasteiger partial charge >= 0.3 is 0 Å². The molecule has 1 aliphatic heterocycles. The van der Waals surface area contributed by atoms with Crippen molar-refractivity contribution in [2.45, 2.75) is 26.4 Å². The van der Waals surface area contributed by atoms with E-state index in [2.05, 4.69) is 38.9 Å². The lowest BCUT2D eigenvalue weighted by Gasteiger charge is -2.26. The molecule has 0 saturated heterocycles. The molecule has 4 heterocycles. The molecule has 1 aromatic carbocycles. The Balaban J connectivity index is 1.34. The van der Waals surface area contributed by atoms with E-state index in [1.165, 1.54) is 16.0 Å². The minimum Gasteiger partial charge on any atom is -0.461 e. The van der Waals surface area contributed by atoms with Gasteiger partial charge in [-0.15, -0.1) is 11.3 Å². The van der Waals surface area contributed by atoms with Gasteiger partial charge in [0.2, 0.25) is 0 Å². The molecule has 29 heavy (non-hydrogen) atoms. The molecule has 1 aliphatic rings. The lowest BCUT2D eigenvalue weighted by Crippen LogP contribution is -2.35. The number of benzene rings is 1. The lowest BCUT2D eigenvalue weighted by molar-refractivity contribution is 0.244. The Morgan fingerprint density at radius 1 is 1.24 bits per heavy atom. The second-order valence-electron chi connectivity index (χ2n) is 7.22. The highest BCUT2D eigenvalue weighted by molar-refractivity contribution is 7.15. The molecule has 0 bridgehead atoms. The summed E-state index contributed by atoms with van der Waals surface area (Å²) in [5, 5.41) is 1.04. The first-order chi connectivity index (χ1) is 14.2. The molecule has 0 amide bonds. The number of hydrogen-bond donors (Lipinski definition) is 1. The normalized spacial score (nSPS) is 14.1. The zero-order valence-corrected chi connectivity index (χ0v) is 16.8. The summed E-state index contributed by atoms with van der Waals surface area (Å²) in [6.45, 7) is 4.34. The van der Waals surface area contributed by atoms with E-state index in [0.717, 1.165) is 35.8 Å². The fourth-order valence-corrected chi connectivity index (χ4v) is 4.73. The first-order valence-corrected chi connectivity index (χ1v) is 10.4. The van der Waals surface area contributed by atoms with E-state index in [-0.39, 0.29) is 5.56 Å². The van der Waals surface area contributed by atoms with Gasteiger partial charge in [-0.2, -0.15) is 0 Å². The van der Waals surface area contributed by atoms with Gasteiger partial charge in [0.05, 0.1) is 17.5 Å². The van der Waals surface area contributed by atoms with Crippen LogP contribution in [0.4, 0.5) is 0 Å². The summed E-state index contributed by atoms with van der Waals surface area (Å²) in [4.78, 5) is 28.2. The average Bonchev–Trinajstić information content (AvgIpc) is 3.41. The molecule has 0 unspecified atom stereocenters. The Morgan fingerprint density at radius 3 is 2.97 bits per heavy atom. The fourth-order valence-electron chi connectivity index (χ4n) is 3.68. The molecule has 6 nitrogen and oxygen atoms in total. The molecule has 0 saturated carbocycles. The predicted octanol–water partition coefficient (Wildman–Crippen LogP) is 4.02. The van der Waals surface area contributed by atoms with Gasteiger partial charge in [-0.1, -0.05) is 24.3 Å². The zero-order chi connectivity index (χ0) is 19.8. The number of nitrogens with zero attached hydrogens (tertiary/aromatic N) is 3. The highest BCUT2D eigenvalue weighted by atomic mass is 32.1. The molecule has 1 N–H and O–H groups in total. The van der Waals surface area contributed by atoms with Crippen molar-refractivity contribution in [3.05, 3.63) is 80.9 Å². The van der Waals surface area contributed by atoms with E-state index >= 15 is 0 Å². The fraction of sp³-hybridized carbons (Fsp3) is 0.227. The summed E-state index contributed by atoms with van der Waals surface area (Å²) in [7, 11) is 0. The zero-order valence-electron chi connectivity index (χ0n) is 16.0. The maximum Gasteiger partial charge on any atom is 0.256 e. The number of rotatable bonds is 4. The van der Waals surface area contributed by atoms with E-state index < -0.39 is 0 Å². The number of aromatic amines is 1. The van der Waals surface area contributed by atoms with Crippen LogP contribution in [0.15, 0.2) is 58.1 Å². The number of fused-ring (bicyclic) bond motifs is 1. The average molecular weight is 404 g/mol. The quantitative estimate of drug-likeness (QED) is 0.556. The minimum absolute atomic E-state index is 0.0870. The summed E-state index contributed by atoms with van der Waals surface area (Å²) in [5.74, 6) is 1.08. The van der Waals surface area contributed by atoms with Gasteiger partial charge in [-0.25, -0.2) is 9.97 Å². The highest BCUT2D eigenvalue weighted by Crippen LogP contribution is 2.29. The van der Waals surface area contributed by atoms with Gasteiger partial charge < -0.3 is 9.40 Å². The molecule has 4 aromatic rings. The molecule has 0 spiro atoms. The van der Waals surface area contributed by atoms with Crippen molar-refractivity contribution in [3.8, 4) is 22.2 Å². The second-order valence-corrected chi connectivity index (χ2v) is 8.34. The SMILES string of the molecule is Cc1ccccc1-c1ncc(CN2CCc3nc(-c4ccco4)[nH]c(=O)c3C2)s1. The van der Waals surface area contributed by atoms with Crippen molar-refractivity contribution < 1.29 is 4.42 Å². The third kappa shape index (κ3) is 3.54. The van der Waals surface area contributed by atoms with Crippen LogP contribution in [0.25, 0.3) is 22.2 Å². The van der Waals surface area contributed by atoms with Crippen LogP contribution < -0.4 is 5.56 Å². The predicted molar refractivity (Wildman–Crippen MR) is 113 cm³/mol. The number of H-pyrrole nitrogens is 1. The van der Waals surface area contributed by atoms with Crippen LogP contribution in [0.1, 0.15) is 21.7 Å². The first kappa shape index (κ1) is 18.0. The van der Waals surface area contributed by atoms with E-state index in [9.17, 15) is 4.79 Å². The van der Waals surface area contributed by atoms with Gasteiger partial charge in [0, 0.05) is 42.7 Å². The van der Waals surface area contributed by atoms with Gasteiger partial charge in [0.15, 0.2) is 11.6 Å². The van der Waals surface area contributed by atoms with Crippen LogP contribution in [0.5, 0.6) is 0 Å². The van der Waals surface area contributed by atoms with E-state index in [4.69, 9.17) is 4.42 Å². The van der Waals surface area contributed by atoms with Crippen molar-refractivity contribution in [3.63, 3.8) is 0 Å². The molecular formula is C22H20N4O2S. The maximum absolute atomic E-state index is 12.6. The largest absolute Gasteiger partial charge is 0.461 e. The highest BCUT2D eigenvalue weighted by Gasteiger charge is 2.22. The van der Waals surface area contributed by atoms with Crippen LogP contribution in [-0.4, -0.2) is 26.4 Å². The summed E-state index contributed by atoms with van der Waals surface area (Å²) < 4.78 is 5.36. The summed E-state index contributed by atoms with van der Waals surface area (Å²) in [6.07, 6.45) is 4.28. The topological polar surface area (TPSA) is 75.0 Å². The molecular weight excluding hydrogens is 384 g/mol. The van der Waals surface area contributed by atoms with Crippen LogP contribution in [-0.2, 0) is 19.5 Å². The third-order valence-electron chi connectivity index (χ3n) is 5.21. The molecule has 0 fully saturated rings. The Bertz CT molecular complexity index is 1210. The molecule has 7 heteroatoms. The smallest absolute Gasteiger partial charge is 0.256 e. The van der Waals surface area contributed by atoms with E-state index in [1.807, 2.05) is 18.3 Å². The standard InChI is InChI=1S/C22H20N4O2S/c1-14-5-2-3-6-16(14)22-23-11-15(29-22)12-26-9-8-18-17(13-26)21(27)25-20(24-18)19-7-4-10-28-19/h2-7,10-11H,8-9,12-13H2,1H3,(H,24,25,27). The van der Waals surface area contributed by atoms with Crippen LogP contribution >= 0.6 is 11.3 Å². The lowest BCUT2D eigenvalue weighted by atomic mass is 10.1. The molecule has 0 atom stereocenters. The molecule has 0 aliphatic carbocycles. The molecule has 146 valence electrons. The van der Waals surface area contributed by atoms with Crippen LogP contribution in [0.3, 0.4) is 0 Å². The minimum atomic E-state index is -0.0870. The van der Waals surface area contributed by atoms with E-state index in [1.54, 1.807) is 29.7 Å². The van der Waals surface area contributed by atoms with Crippen molar-refractivity contribution >= 4 is 11.3 Å². The Labute approximate surface area is 171 Å². The number of thiazole rings is 1. The number of nitrogens with one attached hydrogen (secondary N) is 1. The van der Waals surface area contributed by atoms with Crippen molar-refractivity contribution in [2.24, 2.45) is 0 Å². The monoisotopic (exact) mass is 404 g/mol. The molecule has 5 rings (SSSR count). The number of hydrogen-bond acceptors (Lipinski definition) is 6. The van der Waals surface area contributed by atoms with Crippen LogP contribution in [0.2, 0.25) is 0 Å². The van der Waals surface area contributed by atoms with Gasteiger partial charge in [-0.05, 0) is 24.6 Å². The van der Waals surface area contributed by atoms with Crippen molar-refractivity contribution in [1.29, 1.82) is 0 Å². The maximum atomic E-state index is 12.6. The Hall–Kier alpha value is -3.03. The number of furan rings is 1. The number of aromatic nitrogens is 3. The van der Waals surface area contributed by atoms with Crippen molar-refractivity contribution in [2.75, 3.05) is 6.54 Å². The summed E-state index contributed by atoms with van der Waals surface area (Å²) >= 11 is 1.71. The van der Waals surface area contributed by atoms with Crippen molar-refractivity contribution in [1.82, 2.24) is 19.9 Å². The Morgan fingerprint density at radius 2 is 2.14 bits per heavy atom. The molecule has 0 radical (unpaired) electrons. The van der Waals surface area contributed by atoms with Gasteiger partial charge in [0.25, 0.3) is 5.56 Å². The number of aryl methyl sites for hydroxylation is 1. The van der Waals surface area contributed by atoms with Gasteiger partial charge in [-0.3, -0.25) is 9.69 Å². The van der Waals surface area contributed by atoms with E-state index in [0.29, 0.717) is 18.1 Å². The summed E-state index contributed by atoms with van der Waals surface area (Å²) in [6, 6.07) is 11.9. The Kier molecular flexibility index (Phi) is 4.61.